The summed E-state index contributed by atoms with van der Waals surface area (Å²) in [4.78, 5) is 26.7. The maximum Gasteiger partial charge on any atom is 0.459 e. The molecular weight excluding hydrogens is 582 g/mol. The summed E-state index contributed by atoms with van der Waals surface area (Å²) in [7, 11) is -0.821. The van der Waals surface area contributed by atoms with Crippen molar-refractivity contribution >= 4 is 42.3 Å². The van der Waals surface area contributed by atoms with Gasteiger partial charge in [0.25, 0.3) is 0 Å². The van der Waals surface area contributed by atoms with Gasteiger partial charge in [-0.15, -0.1) is 0 Å². The summed E-state index contributed by atoms with van der Waals surface area (Å²) in [6.45, 7) is 5.61. The van der Waals surface area contributed by atoms with Crippen molar-refractivity contribution in [2.24, 2.45) is 0 Å². The van der Waals surface area contributed by atoms with Crippen LogP contribution in [-0.2, 0) is 23.4 Å². The fourth-order valence-corrected chi connectivity index (χ4v) is 5.90. The van der Waals surface area contributed by atoms with E-state index in [1.54, 1.807) is 63.2 Å². The molecule has 1 aliphatic rings. The first-order valence-electron chi connectivity index (χ1n) is 12.8. The van der Waals surface area contributed by atoms with Crippen LogP contribution >= 0.6 is 19.3 Å². The number of imidazole rings is 1. The number of benzene rings is 1. The quantitative estimate of drug-likeness (QED) is 0.184. The highest BCUT2D eigenvalue weighted by Gasteiger charge is 2.55. The number of para-hydroxylation sites is 1. The van der Waals surface area contributed by atoms with E-state index in [4.69, 9.17) is 30.1 Å². The smallest absolute Gasteiger partial charge is 0.459 e. The molecule has 0 unspecified atom stereocenters. The number of aliphatic hydroxyl groups is 1. The first-order chi connectivity index (χ1) is 19.2. The maximum absolute atomic E-state index is 15.6. The molecule has 2 N–H and O–H groups in total. The van der Waals surface area contributed by atoms with Crippen LogP contribution in [0, 0.1) is 0 Å². The second kappa shape index (κ2) is 12.2. The Morgan fingerprint density at radius 2 is 1.98 bits per heavy atom. The van der Waals surface area contributed by atoms with Gasteiger partial charge >= 0.3 is 13.7 Å². The number of ether oxygens (including phenoxy) is 2. The van der Waals surface area contributed by atoms with Crippen LogP contribution in [0.1, 0.15) is 33.9 Å². The first-order valence-corrected chi connectivity index (χ1v) is 14.7. The van der Waals surface area contributed by atoms with Gasteiger partial charge in [0.05, 0.1) is 19.0 Å². The third kappa shape index (κ3) is 6.79. The number of rotatable bonds is 11. The summed E-state index contributed by atoms with van der Waals surface area (Å²) in [6, 6.07) is 7.05. The number of aliphatic hydroxyl groups excluding tert-OH is 1. The number of nitrogens with one attached hydrogen (secondary N) is 1. The Hall–Kier alpha value is -2.87. The lowest BCUT2D eigenvalue weighted by molar-refractivity contribution is -0.149. The minimum absolute atomic E-state index is 0.0850. The molecule has 6 atom stereocenters. The molecule has 0 aliphatic carbocycles. The Morgan fingerprint density at radius 3 is 2.61 bits per heavy atom. The van der Waals surface area contributed by atoms with E-state index in [0.717, 1.165) is 0 Å². The lowest BCUT2D eigenvalue weighted by Crippen LogP contribution is -2.44. The molecule has 1 aromatic carbocycles. The Balaban J connectivity index is 1.58. The molecule has 2 aromatic heterocycles. The van der Waals surface area contributed by atoms with Gasteiger partial charge in [-0.05, 0) is 51.4 Å². The van der Waals surface area contributed by atoms with Gasteiger partial charge in [-0.1, -0.05) is 18.2 Å². The number of aromatic nitrogens is 4. The second-order valence-electron chi connectivity index (χ2n) is 10.3. The number of fused-ring (bicyclic) bond motifs is 1. The van der Waals surface area contributed by atoms with Crippen LogP contribution in [0.4, 0.5) is 10.2 Å². The van der Waals surface area contributed by atoms with E-state index >= 15 is 4.39 Å². The summed E-state index contributed by atoms with van der Waals surface area (Å²) >= 11 is 6.10. The van der Waals surface area contributed by atoms with Crippen LogP contribution in [0.25, 0.3) is 11.2 Å². The average molecular weight is 615 g/mol. The monoisotopic (exact) mass is 614 g/mol. The molecule has 0 amide bonds. The molecule has 1 fully saturated rings. The molecule has 0 radical (unpaired) electrons. The zero-order chi connectivity index (χ0) is 30.1. The van der Waals surface area contributed by atoms with Gasteiger partial charge in [0, 0.05) is 14.1 Å². The largest absolute Gasteiger partial charge is 0.462 e. The molecule has 3 aromatic rings. The normalized spacial score (nSPS) is 24.8. The van der Waals surface area contributed by atoms with Crippen molar-refractivity contribution in [1.82, 2.24) is 24.6 Å². The first kappa shape index (κ1) is 31.1. The second-order valence-corrected chi connectivity index (χ2v) is 12.3. The van der Waals surface area contributed by atoms with Gasteiger partial charge in [-0.25, -0.2) is 13.9 Å². The van der Waals surface area contributed by atoms with Crippen molar-refractivity contribution in [3.05, 3.63) is 41.9 Å². The summed E-state index contributed by atoms with van der Waals surface area (Å²) in [5.74, 6) is -0.0864. The minimum Gasteiger partial charge on any atom is -0.462 e. The van der Waals surface area contributed by atoms with Gasteiger partial charge in [0.15, 0.2) is 29.4 Å². The van der Waals surface area contributed by atoms with E-state index in [-0.39, 0.29) is 16.7 Å². The van der Waals surface area contributed by atoms with E-state index in [1.165, 1.54) is 24.7 Å². The summed E-state index contributed by atoms with van der Waals surface area (Å²) in [5.41, 5.74) is -1.17. The number of carbonyl (C=O) groups excluding carboxylic acids is 1. The number of alkyl halides is 1. The molecule has 13 nitrogen and oxygen atoms in total. The molecule has 41 heavy (non-hydrogen) atoms. The molecule has 16 heteroatoms. The third-order valence-corrected chi connectivity index (χ3v) is 8.00. The molecule has 0 saturated carbocycles. The molecule has 3 heterocycles. The van der Waals surface area contributed by atoms with Crippen LogP contribution in [0.5, 0.6) is 5.75 Å². The summed E-state index contributed by atoms with van der Waals surface area (Å²) in [5, 5.41) is 13.4. The topological polar surface area (TPSA) is 150 Å². The highest BCUT2D eigenvalue weighted by atomic mass is 35.5. The van der Waals surface area contributed by atoms with E-state index in [9.17, 15) is 14.5 Å². The number of nitrogens with zero attached hydrogens (tertiary/aromatic N) is 5. The van der Waals surface area contributed by atoms with Gasteiger partial charge in [0.1, 0.15) is 23.5 Å². The maximum atomic E-state index is 15.6. The van der Waals surface area contributed by atoms with Gasteiger partial charge < -0.3 is 24.0 Å². The van der Waals surface area contributed by atoms with Gasteiger partial charge in [-0.2, -0.15) is 15.1 Å². The van der Waals surface area contributed by atoms with E-state index in [0.29, 0.717) is 11.3 Å². The fourth-order valence-electron chi connectivity index (χ4n) is 4.15. The SMILES string of the molecule is CC(C)OC(=O)[C@H](C)N[P@](=O)(OC[C@@]1(C)O[C@@H](n2cnc3c(N(C)C)nc(Cl)nc32)[C@H](F)[C@@H]1O)Oc1ccccc1. The summed E-state index contributed by atoms with van der Waals surface area (Å²) < 4.78 is 53.2. The standard InChI is InChI=1S/C25H33ClFN6O7P/c1-14(2)38-23(35)15(3)31-41(36,40-16-10-8-7-9-11-16)37-12-25(4)19(34)17(27)22(39-25)33-13-28-18-20(32(5)6)29-24(26)30-21(18)33/h7-11,13-15,17,19,22,34H,12H2,1-6H3,(H,31,36)/t15-,17+,19-,22+,25+,41-/m0/s1. The van der Waals surface area contributed by atoms with Crippen molar-refractivity contribution in [1.29, 1.82) is 0 Å². The van der Waals surface area contributed by atoms with Crippen molar-refractivity contribution in [2.75, 3.05) is 25.6 Å². The summed E-state index contributed by atoms with van der Waals surface area (Å²) in [6.07, 6.45) is -4.16. The minimum atomic E-state index is -4.31. The Morgan fingerprint density at radius 1 is 1.29 bits per heavy atom. The Kier molecular flexibility index (Phi) is 9.22. The predicted molar refractivity (Wildman–Crippen MR) is 149 cm³/mol. The van der Waals surface area contributed by atoms with Gasteiger partial charge in [-0.3, -0.25) is 13.9 Å². The predicted octanol–water partition coefficient (Wildman–Crippen LogP) is 3.67. The number of hydrogen-bond acceptors (Lipinski definition) is 11. The highest BCUT2D eigenvalue weighted by molar-refractivity contribution is 7.52. The molecule has 224 valence electrons. The van der Waals surface area contributed by atoms with Crippen LogP contribution in [-0.4, -0.2) is 81.3 Å². The van der Waals surface area contributed by atoms with E-state index in [1.807, 2.05) is 0 Å². The lowest BCUT2D eigenvalue weighted by Gasteiger charge is -2.30. The van der Waals surface area contributed by atoms with Crippen LogP contribution in [0.15, 0.2) is 36.7 Å². The average Bonchev–Trinajstić information content (AvgIpc) is 3.41. The molecule has 0 bridgehead atoms. The van der Waals surface area contributed by atoms with E-state index in [2.05, 4.69) is 20.0 Å². The zero-order valence-electron chi connectivity index (χ0n) is 23.4. The zero-order valence-corrected chi connectivity index (χ0v) is 25.0. The number of hydrogen-bond donors (Lipinski definition) is 2. The van der Waals surface area contributed by atoms with Crippen molar-refractivity contribution < 1.29 is 37.4 Å². The van der Waals surface area contributed by atoms with Crippen LogP contribution in [0.3, 0.4) is 0 Å². The van der Waals surface area contributed by atoms with Crippen molar-refractivity contribution in [2.45, 2.75) is 63.9 Å². The Bertz CT molecular complexity index is 1430. The Labute approximate surface area is 241 Å². The van der Waals surface area contributed by atoms with Crippen LogP contribution in [0.2, 0.25) is 5.28 Å². The molecule has 0 spiro atoms. The number of esters is 1. The highest BCUT2D eigenvalue weighted by Crippen LogP contribution is 2.48. The van der Waals surface area contributed by atoms with E-state index < -0.39 is 56.6 Å². The fraction of sp³-hybridized carbons (Fsp3) is 0.520. The molecule has 1 saturated heterocycles. The third-order valence-electron chi connectivity index (χ3n) is 6.21. The van der Waals surface area contributed by atoms with Crippen molar-refractivity contribution in [3.63, 3.8) is 0 Å². The molecule has 1 aliphatic heterocycles. The number of halogens is 2. The van der Waals surface area contributed by atoms with Gasteiger partial charge in [0.2, 0.25) is 5.28 Å². The van der Waals surface area contributed by atoms with Crippen LogP contribution < -0.4 is 14.5 Å². The molecular formula is C25H33ClFN6O7P. The molecule has 4 rings (SSSR count). The van der Waals surface area contributed by atoms with Crippen molar-refractivity contribution in [3.8, 4) is 5.75 Å². The lowest BCUT2D eigenvalue weighted by atomic mass is 9.99. The number of carbonyl (C=O) groups is 1. The number of anilines is 1.